The molecule has 0 spiro atoms. The van der Waals surface area contributed by atoms with Crippen molar-refractivity contribution < 1.29 is 13.0 Å². The third kappa shape index (κ3) is 5.60. The molecule has 0 aromatic heterocycles. The smallest absolute Gasteiger partial charge is 0.265 e. The van der Waals surface area contributed by atoms with Gasteiger partial charge in [0.05, 0.1) is 5.75 Å². The predicted octanol–water partition coefficient (Wildman–Crippen LogP) is 0.534. The normalized spacial score (nSPS) is 14.1. The van der Waals surface area contributed by atoms with Crippen LogP contribution in [0.25, 0.3) is 0 Å². The third-order valence-electron chi connectivity index (χ3n) is 0.961. The first-order chi connectivity index (χ1) is 4.45. The van der Waals surface area contributed by atoms with E-state index >= 15 is 0 Å². The Bertz CT molecular complexity index is 222. The number of rotatable bonds is 3. The molecule has 3 nitrogen and oxygen atoms in total. The Hall–Kier alpha value is -0.530. The lowest BCUT2D eigenvalue weighted by Gasteiger charge is -2.02. The average Bonchev–Trinajstić information content (AvgIpc) is 1.59. The highest BCUT2D eigenvalue weighted by atomic mass is 32.2. The molecule has 1 unspecified atom stereocenters. The van der Waals surface area contributed by atoms with E-state index in [1.165, 1.54) is 0 Å². The van der Waals surface area contributed by atoms with Crippen LogP contribution in [0.2, 0.25) is 0 Å². The van der Waals surface area contributed by atoms with Gasteiger partial charge in [-0.05, 0) is 5.92 Å². The quantitative estimate of drug-likeness (QED) is 0.486. The maximum absolute atomic E-state index is 10.2. The van der Waals surface area contributed by atoms with E-state index < -0.39 is 10.1 Å². The summed E-state index contributed by atoms with van der Waals surface area (Å²) in [4.78, 5) is 0. The first-order valence-corrected chi connectivity index (χ1v) is 4.45. The first kappa shape index (κ1) is 9.47. The van der Waals surface area contributed by atoms with E-state index in [2.05, 4.69) is 5.92 Å². The van der Waals surface area contributed by atoms with Crippen molar-refractivity contribution in [2.75, 3.05) is 5.75 Å². The van der Waals surface area contributed by atoms with Crippen LogP contribution < -0.4 is 0 Å². The average molecular weight is 162 g/mol. The Morgan fingerprint density at radius 3 is 2.50 bits per heavy atom. The van der Waals surface area contributed by atoms with Gasteiger partial charge in [-0.15, -0.1) is 12.3 Å². The second kappa shape index (κ2) is 3.59. The first-order valence-electron chi connectivity index (χ1n) is 2.84. The zero-order chi connectivity index (χ0) is 8.20. The van der Waals surface area contributed by atoms with Crippen LogP contribution in [0.4, 0.5) is 0 Å². The van der Waals surface area contributed by atoms with Crippen molar-refractivity contribution in [1.29, 1.82) is 0 Å². The van der Waals surface area contributed by atoms with Gasteiger partial charge in [-0.25, -0.2) is 0 Å². The highest BCUT2D eigenvalue weighted by Crippen LogP contribution is 2.02. The zero-order valence-corrected chi connectivity index (χ0v) is 6.56. The Morgan fingerprint density at radius 2 is 2.20 bits per heavy atom. The molecule has 0 saturated heterocycles. The van der Waals surface area contributed by atoms with Gasteiger partial charge < -0.3 is 0 Å². The minimum Gasteiger partial charge on any atom is -0.286 e. The summed E-state index contributed by atoms with van der Waals surface area (Å²) in [5, 5.41) is 0. The van der Waals surface area contributed by atoms with Crippen molar-refractivity contribution in [1.82, 2.24) is 0 Å². The molecule has 0 aromatic rings. The van der Waals surface area contributed by atoms with Crippen molar-refractivity contribution in [3.63, 3.8) is 0 Å². The van der Waals surface area contributed by atoms with E-state index in [1.807, 2.05) is 0 Å². The van der Waals surface area contributed by atoms with E-state index in [4.69, 9.17) is 11.0 Å². The summed E-state index contributed by atoms with van der Waals surface area (Å²) < 4.78 is 28.7. The molecule has 4 heteroatoms. The molecule has 0 fully saturated rings. The fourth-order valence-corrected chi connectivity index (χ4v) is 1.46. The summed E-state index contributed by atoms with van der Waals surface area (Å²) in [6, 6.07) is 0. The molecule has 0 radical (unpaired) electrons. The van der Waals surface area contributed by atoms with Gasteiger partial charge in [-0.1, -0.05) is 6.92 Å². The van der Waals surface area contributed by atoms with Crippen molar-refractivity contribution in [2.24, 2.45) is 5.92 Å². The molecule has 0 saturated carbocycles. The van der Waals surface area contributed by atoms with Crippen LogP contribution in [-0.2, 0) is 10.1 Å². The lowest BCUT2D eigenvalue weighted by Crippen LogP contribution is -2.11. The molecule has 0 aliphatic heterocycles. The maximum atomic E-state index is 10.2. The van der Waals surface area contributed by atoms with E-state index in [1.54, 1.807) is 6.92 Å². The van der Waals surface area contributed by atoms with Crippen molar-refractivity contribution in [3.05, 3.63) is 0 Å². The van der Waals surface area contributed by atoms with Crippen LogP contribution in [0.5, 0.6) is 0 Å². The second-order valence-electron chi connectivity index (χ2n) is 2.26. The Morgan fingerprint density at radius 1 is 1.70 bits per heavy atom. The van der Waals surface area contributed by atoms with Crippen molar-refractivity contribution >= 4 is 10.1 Å². The van der Waals surface area contributed by atoms with Crippen molar-refractivity contribution in [2.45, 2.75) is 13.3 Å². The lowest BCUT2D eigenvalue weighted by atomic mass is 10.1. The van der Waals surface area contributed by atoms with E-state index in [0.29, 0.717) is 6.42 Å². The molecule has 0 heterocycles. The molecule has 0 aromatic carbocycles. The van der Waals surface area contributed by atoms with Gasteiger partial charge in [0, 0.05) is 6.42 Å². The number of terminal acetylenes is 1. The Labute approximate surface area is 61.2 Å². The summed E-state index contributed by atoms with van der Waals surface area (Å²) in [5.74, 6) is 1.90. The monoisotopic (exact) mass is 162 g/mol. The standard InChI is InChI=1S/C6H10O3S/c1-3-4-6(2)5-10(7,8)9/h1,6H,4-5H2,2H3,(H,7,8,9). The van der Waals surface area contributed by atoms with Crippen LogP contribution in [-0.4, -0.2) is 18.7 Å². The van der Waals surface area contributed by atoms with Gasteiger partial charge in [-0.3, -0.25) is 4.55 Å². The van der Waals surface area contributed by atoms with E-state index in [9.17, 15) is 8.42 Å². The van der Waals surface area contributed by atoms with E-state index in [0.717, 1.165) is 0 Å². The predicted molar refractivity (Wildman–Crippen MR) is 39.0 cm³/mol. The summed E-state index contributed by atoms with van der Waals surface area (Å²) >= 11 is 0. The maximum Gasteiger partial charge on any atom is 0.265 e. The number of hydrogen-bond acceptors (Lipinski definition) is 2. The minimum atomic E-state index is -3.84. The van der Waals surface area contributed by atoms with Crippen molar-refractivity contribution in [3.8, 4) is 12.3 Å². The molecule has 0 aliphatic carbocycles. The van der Waals surface area contributed by atoms with Gasteiger partial charge in [-0.2, -0.15) is 8.42 Å². The second-order valence-corrected chi connectivity index (χ2v) is 3.76. The van der Waals surface area contributed by atoms with Gasteiger partial charge in [0.15, 0.2) is 0 Å². The van der Waals surface area contributed by atoms with Gasteiger partial charge in [0.2, 0.25) is 0 Å². The van der Waals surface area contributed by atoms with Crippen LogP contribution in [0, 0.1) is 18.3 Å². The fourth-order valence-electron chi connectivity index (χ4n) is 0.620. The molecular weight excluding hydrogens is 152 g/mol. The van der Waals surface area contributed by atoms with E-state index in [-0.39, 0.29) is 11.7 Å². The van der Waals surface area contributed by atoms with Gasteiger partial charge in [0.1, 0.15) is 0 Å². The summed E-state index contributed by atoms with van der Waals surface area (Å²) in [6.07, 6.45) is 5.30. The molecule has 10 heavy (non-hydrogen) atoms. The SMILES string of the molecule is C#CCC(C)CS(=O)(=O)O. The minimum absolute atomic E-state index is 0.167. The fraction of sp³-hybridized carbons (Fsp3) is 0.667. The summed E-state index contributed by atoms with van der Waals surface area (Å²) in [7, 11) is -3.84. The van der Waals surface area contributed by atoms with Gasteiger partial charge >= 0.3 is 0 Å². The molecule has 0 amide bonds. The van der Waals surface area contributed by atoms with Crippen LogP contribution >= 0.6 is 0 Å². The number of hydrogen-bond donors (Lipinski definition) is 1. The molecule has 0 rings (SSSR count). The molecular formula is C6H10O3S. The third-order valence-corrected chi connectivity index (χ3v) is 1.95. The van der Waals surface area contributed by atoms with Gasteiger partial charge in [0.25, 0.3) is 10.1 Å². The van der Waals surface area contributed by atoms with Crippen LogP contribution in [0.3, 0.4) is 0 Å². The summed E-state index contributed by atoms with van der Waals surface area (Å²) in [6.45, 7) is 1.67. The Kier molecular flexibility index (Phi) is 3.40. The molecule has 0 aliphatic rings. The lowest BCUT2D eigenvalue weighted by molar-refractivity contribution is 0.470. The largest absolute Gasteiger partial charge is 0.286 e. The van der Waals surface area contributed by atoms with Crippen LogP contribution in [0.15, 0.2) is 0 Å². The topological polar surface area (TPSA) is 54.4 Å². The molecule has 0 bridgehead atoms. The zero-order valence-electron chi connectivity index (χ0n) is 5.74. The Balaban J connectivity index is 3.83. The molecule has 1 atom stereocenters. The molecule has 1 N–H and O–H groups in total. The van der Waals surface area contributed by atoms with Crippen LogP contribution in [0.1, 0.15) is 13.3 Å². The molecule has 58 valence electrons. The highest BCUT2D eigenvalue weighted by molar-refractivity contribution is 7.85. The highest BCUT2D eigenvalue weighted by Gasteiger charge is 2.10. The summed E-state index contributed by atoms with van der Waals surface area (Å²) in [5.41, 5.74) is 0.